The number of nitrogens with one attached hydrogen (secondary N) is 1. The first kappa shape index (κ1) is 29.5. The highest BCUT2D eigenvalue weighted by Crippen LogP contribution is 2.53. The highest BCUT2D eigenvalue weighted by molar-refractivity contribution is 7.47. The van der Waals surface area contributed by atoms with Gasteiger partial charge in [-0.25, -0.2) is 29.1 Å². The summed E-state index contributed by atoms with van der Waals surface area (Å²) in [6.07, 6.45) is -7.33. The first-order chi connectivity index (χ1) is 20.9. The second-order valence-corrected chi connectivity index (χ2v) is 12.9. The summed E-state index contributed by atoms with van der Waals surface area (Å²) in [5.41, 5.74) is 5.88. The monoisotopic (exact) mass is 658 g/mol. The van der Waals surface area contributed by atoms with E-state index in [2.05, 4.69) is 24.9 Å². The van der Waals surface area contributed by atoms with Crippen molar-refractivity contribution in [2.24, 2.45) is 0 Å². The van der Waals surface area contributed by atoms with E-state index >= 15 is 0 Å². The average molecular weight is 658 g/mol. The number of aliphatic hydroxyl groups excluding tert-OH is 2. The van der Waals surface area contributed by atoms with Crippen LogP contribution in [-0.4, -0.2) is 104 Å². The molecule has 2 bridgehead atoms. The quantitative estimate of drug-likeness (QED) is 0.136. The molecule has 0 spiro atoms. The fourth-order valence-corrected chi connectivity index (χ4v) is 7.24. The third-order valence-electron chi connectivity index (χ3n) is 7.37. The van der Waals surface area contributed by atoms with Gasteiger partial charge in [0.1, 0.15) is 48.5 Å². The van der Waals surface area contributed by atoms with E-state index in [1.807, 2.05) is 0 Å². The first-order valence-corrected chi connectivity index (χ1v) is 15.9. The molecule has 21 nitrogen and oxygen atoms in total. The van der Waals surface area contributed by atoms with Crippen molar-refractivity contribution in [1.29, 1.82) is 0 Å². The van der Waals surface area contributed by atoms with Gasteiger partial charge in [-0.1, -0.05) is 0 Å². The van der Waals surface area contributed by atoms with Crippen LogP contribution in [0, 0.1) is 0 Å². The lowest BCUT2D eigenvalue weighted by molar-refractivity contribution is -0.0671. The number of anilines is 1. The smallest absolute Gasteiger partial charge is 0.387 e. The standard InChI is InChI=1S/C21H24N8O13P2/c22-17-12-18(25-5-24-17)29(7-27-12)20-14(31)15-10(40-20)4-38-44(35,36)42-16-13(30)9(3-37-43(33,34)41-15)39-21(16)28-6-26-11-8(28)1-2-23-19(11)32/h1-2,5-7,9-10,13-16,20-21,30-31H,3-4H2,(H,23,32)(H,33,34)(H,35,36)(H2,22,24,25)/t9-,10?,13-,14-,15-,16-,20-,21-/m1/s1. The SMILES string of the molecule is Nc1ncnc2c1ncn2[C@@H]1OC2COP(=O)(O)O[C@@H]3[C@H](O)[C@@H](COP(=O)(O)O[C@H]2[C@H]1O)O[C@H]3n1cnc2c(=O)[nH]ccc21. The summed E-state index contributed by atoms with van der Waals surface area (Å²) < 4.78 is 61.3. The van der Waals surface area contributed by atoms with Crippen LogP contribution in [0.3, 0.4) is 0 Å². The molecule has 4 aromatic rings. The molecule has 3 saturated heterocycles. The number of pyridine rings is 1. The van der Waals surface area contributed by atoms with Crippen molar-refractivity contribution >= 4 is 43.7 Å². The summed E-state index contributed by atoms with van der Waals surface area (Å²) in [6, 6.07) is 1.48. The molecule has 3 aliphatic heterocycles. The number of nitrogen functional groups attached to an aromatic ring is 1. The van der Waals surface area contributed by atoms with Gasteiger partial charge in [0.15, 0.2) is 29.4 Å². The van der Waals surface area contributed by atoms with Crippen LogP contribution in [0.4, 0.5) is 5.82 Å². The van der Waals surface area contributed by atoms with Gasteiger partial charge in [0.2, 0.25) is 0 Å². The van der Waals surface area contributed by atoms with Gasteiger partial charge in [-0.3, -0.25) is 27.5 Å². The number of aromatic nitrogens is 7. The molecular weight excluding hydrogens is 634 g/mol. The van der Waals surface area contributed by atoms with E-state index in [9.17, 15) is 33.9 Å². The summed E-state index contributed by atoms with van der Waals surface area (Å²) in [7, 11) is -10.1. The number of hydrogen-bond donors (Lipinski definition) is 6. The third-order valence-corrected chi connectivity index (χ3v) is 9.34. The van der Waals surface area contributed by atoms with Crippen LogP contribution < -0.4 is 11.3 Å². The molecule has 23 heteroatoms. The molecule has 3 aliphatic rings. The van der Waals surface area contributed by atoms with E-state index in [1.54, 1.807) is 0 Å². The number of fused-ring (bicyclic) bond motifs is 5. The third kappa shape index (κ3) is 5.06. The van der Waals surface area contributed by atoms with Crippen LogP contribution in [0.25, 0.3) is 22.2 Å². The average Bonchev–Trinajstić information content (AvgIpc) is 3.73. The second kappa shape index (κ2) is 10.7. The van der Waals surface area contributed by atoms with E-state index in [-0.39, 0.29) is 28.0 Å². The van der Waals surface area contributed by atoms with Gasteiger partial charge in [0, 0.05) is 6.20 Å². The number of aliphatic hydroxyl groups is 2. The van der Waals surface area contributed by atoms with Crippen LogP contribution in [-0.2, 0) is 36.7 Å². The van der Waals surface area contributed by atoms with Gasteiger partial charge in [-0.15, -0.1) is 0 Å². The number of nitrogens with two attached hydrogens (primary N) is 1. The molecular formula is C21H24N8O13P2. The van der Waals surface area contributed by atoms with Crippen LogP contribution in [0.2, 0.25) is 0 Å². The molecule has 4 aromatic heterocycles. The van der Waals surface area contributed by atoms with Crippen LogP contribution >= 0.6 is 15.6 Å². The highest BCUT2D eigenvalue weighted by Gasteiger charge is 2.53. The molecule has 44 heavy (non-hydrogen) atoms. The summed E-state index contributed by atoms with van der Waals surface area (Å²) >= 11 is 0. The van der Waals surface area contributed by atoms with E-state index in [4.69, 9.17) is 33.3 Å². The van der Waals surface area contributed by atoms with Crippen molar-refractivity contribution in [2.75, 3.05) is 18.9 Å². The minimum absolute atomic E-state index is 0.00694. The Morgan fingerprint density at radius 2 is 1.52 bits per heavy atom. The van der Waals surface area contributed by atoms with E-state index in [0.717, 1.165) is 6.33 Å². The zero-order valence-electron chi connectivity index (χ0n) is 22.0. The molecule has 0 saturated carbocycles. The molecule has 7 N–H and O–H groups in total. The minimum atomic E-state index is -5.06. The summed E-state index contributed by atoms with van der Waals surface area (Å²) in [6.45, 7) is -1.58. The Hall–Kier alpha value is -3.17. The summed E-state index contributed by atoms with van der Waals surface area (Å²) in [4.78, 5) is 51.9. The maximum atomic E-state index is 13.2. The molecule has 7 heterocycles. The zero-order valence-corrected chi connectivity index (χ0v) is 23.8. The number of phosphoric acid groups is 2. The van der Waals surface area contributed by atoms with Gasteiger partial charge in [-0.2, -0.15) is 0 Å². The Labute approximate surface area is 244 Å². The van der Waals surface area contributed by atoms with Crippen LogP contribution in [0.15, 0.2) is 36.0 Å². The van der Waals surface area contributed by atoms with Crippen LogP contribution in [0.5, 0.6) is 0 Å². The lowest BCUT2D eigenvalue weighted by Gasteiger charge is -2.26. The molecule has 0 aromatic carbocycles. The number of ether oxygens (including phenoxy) is 2. The highest BCUT2D eigenvalue weighted by atomic mass is 31.2. The predicted octanol–water partition coefficient (Wildman–Crippen LogP) is -1.32. The Morgan fingerprint density at radius 3 is 2.30 bits per heavy atom. The molecule has 3 fully saturated rings. The fraction of sp³-hybridized carbons (Fsp3) is 0.476. The van der Waals surface area contributed by atoms with Crippen molar-refractivity contribution < 1.29 is 56.7 Å². The largest absolute Gasteiger partial charge is 0.472 e. The van der Waals surface area contributed by atoms with Gasteiger partial charge in [0.25, 0.3) is 5.56 Å². The van der Waals surface area contributed by atoms with E-state index in [0.29, 0.717) is 0 Å². The van der Waals surface area contributed by atoms with Crippen molar-refractivity contribution in [3.05, 3.63) is 41.6 Å². The summed E-state index contributed by atoms with van der Waals surface area (Å²) in [5, 5.41) is 22.1. The molecule has 0 radical (unpaired) electrons. The Kier molecular flexibility index (Phi) is 7.20. The van der Waals surface area contributed by atoms with Crippen molar-refractivity contribution in [3.63, 3.8) is 0 Å². The Morgan fingerprint density at radius 1 is 0.864 bits per heavy atom. The Bertz CT molecular complexity index is 1880. The maximum Gasteiger partial charge on any atom is 0.472 e. The van der Waals surface area contributed by atoms with Gasteiger partial charge >= 0.3 is 15.6 Å². The molecule has 0 aliphatic carbocycles. The number of phosphoric ester groups is 2. The maximum absolute atomic E-state index is 13.2. The number of hydrogen-bond acceptors (Lipinski definition) is 16. The zero-order chi connectivity index (χ0) is 31.0. The predicted molar refractivity (Wildman–Crippen MR) is 141 cm³/mol. The van der Waals surface area contributed by atoms with E-state index in [1.165, 1.54) is 34.1 Å². The molecule has 3 unspecified atom stereocenters. The summed E-state index contributed by atoms with van der Waals surface area (Å²) in [5.74, 6) is 0.0443. The van der Waals surface area contributed by atoms with Crippen molar-refractivity contribution in [2.45, 2.75) is 49.1 Å². The minimum Gasteiger partial charge on any atom is -0.387 e. The first-order valence-electron chi connectivity index (χ1n) is 12.9. The van der Waals surface area contributed by atoms with Crippen molar-refractivity contribution in [3.8, 4) is 0 Å². The van der Waals surface area contributed by atoms with Crippen molar-refractivity contribution in [1.82, 2.24) is 34.1 Å². The van der Waals surface area contributed by atoms with E-state index < -0.39 is 83.5 Å². The lowest BCUT2D eigenvalue weighted by atomic mass is 10.1. The molecule has 10 atom stereocenters. The second-order valence-electron chi connectivity index (χ2n) is 10.1. The molecule has 7 rings (SSSR count). The van der Waals surface area contributed by atoms with Crippen LogP contribution in [0.1, 0.15) is 12.5 Å². The number of aromatic amines is 1. The fourth-order valence-electron chi connectivity index (χ4n) is 5.35. The normalized spacial score (nSPS) is 38.3. The number of H-pyrrole nitrogens is 1. The molecule has 0 amide bonds. The topological polar surface area (TPSA) is 291 Å². The number of rotatable bonds is 2. The molecule has 236 valence electrons. The Balaban J connectivity index is 1.20. The van der Waals surface area contributed by atoms with Gasteiger partial charge in [-0.05, 0) is 6.07 Å². The lowest BCUT2D eigenvalue weighted by Crippen LogP contribution is -2.36. The van der Waals surface area contributed by atoms with Gasteiger partial charge < -0.3 is 44.8 Å². The number of imidazole rings is 2. The number of nitrogens with zero attached hydrogens (tertiary/aromatic N) is 6. The van der Waals surface area contributed by atoms with Gasteiger partial charge in [0.05, 0.1) is 31.4 Å².